The fraction of sp³-hybridized carbons (Fsp3) is 0. The van der Waals surface area contributed by atoms with Crippen LogP contribution in [0.3, 0.4) is 0 Å². The summed E-state index contributed by atoms with van der Waals surface area (Å²) < 4.78 is 11.3. The lowest BCUT2D eigenvalue weighted by atomic mass is 10.1. The molecule has 0 radical (unpaired) electrons. The number of nitrogens with zero attached hydrogens (tertiary/aromatic N) is 4. The molecule has 0 fully saturated rings. The first-order valence-corrected chi connectivity index (χ1v) is 17.8. The first-order chi connectivity index (χ1) is 25.3. The Morgan fingerprint density at radius 1 is 0.471 bits per heavy atom. The minimum atomic E-state index is 0.657. The molecule has 0 aliphatic rings. The Morgan fingerprint density at radius 3 is 1.92 bits per heavy atom. The third-order valence-corrected chi connectivity index (χ3v) is 11.1. The van der Waals surface area contributed by atoms with Gasteiger partial charge in [0.1, 0.15) is 11.2 Å². The number of hydrogen-bond acceptors (Lipinski definition) is 5. The van der Waals surface area contributed by atoms with Crippen molar-refractivity contribution in [1.29, 1.82) is 0 Å². The summed E-state index contributed by atoms with van der Waals surface area (Å²) in [5, 5.41) is 6.96. The number of fused-ring (bicyclic) bond motifs is 10. The highest BCUT2D eigenvalue weighted by molar-refractivity contribution is 7.26. The highest BCUT2D eigenvalue weighted by Crippen LogP contribution is 2.43. The van der Waals surface area contributed by atoms with Gasteiger partial charge in [-0.05, 0) is 48.5 Å². The summed E-state index contributed by atoms with van der Waals surface area (Å²) in [7, 11) is 0. The van der Waals surface area contributed by atoms with E-state index in [1.54, 1.807) is 11.3 Å². The van der Waals surface area contributed by atoms with Crippen molar-refractivity contribution in [3.63, 3.8) is 0 Å². The molecule has 0 spiro atoms. The Balaban J connectivity index is 1.13. The van der Waals surface area contributed by atoms with Gasteiger partial charge in [-0.3, -0.25) is 0 Å². The lowest BCUT2D eigenvalue weighted by Crippen LogP contribution is -2.00. The first-order valence-electron chi connectivity index (χ1n) is 16.9. The molecular weight excluding hydrogens is 645 g/mol. The summed E-state index contributed by atoms with van der Waals surface area (Å²) in [5.41, 5.74) is 8.11. The molecule has 5 nitrogen and oxygen atoms in total. The van der Waals surface area contributed by atoms with Crippen LogP contribution < -0.4 is 0 Å². The molecule has 0 amide bonds. The molecule has 0 unspecified atom stereocenters. The van der Waals surface area contributed by atoms with Gasteiger partial charge in [-0.25, -0.2) is 15.0 Å². The number of aromatic nitrogens is 4. The molecule has 11 rings (SSSR count). The summed E-state index contributed by atoms with van der Waals surface area (Å²) in [6.07, 6.45) is 0. The van der Waals surface area contributed by atoms with Crippen molar-refractivity contribution in [2.75, 3.05) is 0 Å². The van der Waals surface area contributed by atoms with Crippen molar-refractivity contribution in [3.8, 4) is 39.9 Å². The van der Waals surface area contributed by atoms with E-state index in [-0.39, 0.29) is 0 Å². The zero-order valence-corrected chi connectivity index (χ0v) is 27.9. The van der Waals surface area contributed by atoms with E-state index in [1.807, 2.05) is 72.8 Å². The zero-order chi connectivity index (χ0) is 33.5. The third-order valence-electron chi connectivity index (χ3n) is 9.86. The molecule has 0 N–H and O–H groups in total. The molecule has 6 heteroatoms. The van der Waals surface area contributed by atoms with Crippen molar-refractivity contribution in [3.05, 3.63) is 158 Å². The number of thiophene rings is 1. The molecule has 238 valence electrons. The van der Waals surface area contributed by atoms with E-state index < -0.39 is 0 Å². The van der Waals surface area contributed by atoms with Gasteiger partial charge in [0.15, 0.2) is 17.5 Å². The fourth-order valence-corrected chi connectivity index (χ4v) is 8.74. The van der Waals surface area contributed by atoms with Crippen LogP contribution in [0.15, 0.2) is 162 Å². The molecule has 0 aliphatic carbocycles. The van der Waals surface area contributed by atoms with Crippen LogP contribution in [-0.4, -0.2) is 19.5 Å². The summed E-state index contributed by atoms with van der Waals surface area (Å²) in [4.78, 5) is 15.0. The van der Waals surface area contributed by atoms with Crippen LogP contribution in [0.5, 0.6) is 0 Å². The largest absolute Gasteiger partial charge is 0.455 e. The maximum atomic E-state index is 6.54. The molecule has 0 atom stereocenters. The molecule has 0 bridgehead atoms. The maximum absolute atomic E-state index is 6.54. The highest BCUT2D eigenvalue weighted by Gasteiger charge is 2.20. The van der Waals surface area contributed by atoms with Gasteiger partial charge >= 0.3 is 0 Å². The summed E-state index contributed by atoms with van der Waals surface area (Å²) >= 11 is 1.78. The number of furan rings is 1. The second-order valence-electron chi connectivity index (χ2n) is 12.8. The van der Waals surface area contributed by atoms with Crippen molar-refractivity contribution in [2.45, 2.75) is 0 Å². The molecular formula is C45H26N4OS. The lowest BCUT2D eigenvalue weighted by Gasteiger charge is -2.09. The molecule has 0 saturated carbocycles. The normalized spacial score (nSPS) is 11.9. The third kappa shape index (κ3) is 4.30. The van der Waals surface area contributed by atoms with Gasteiger partial charge in [-0.2, -0.15) is 0 Å². The molecule has 7 aromatic carbocycles. The van der Waals surface area contributed by atoms with Crippen LogP contribution in [0.25, 0.3) is 104 Å². The molecule has 0 aliphatic heterocycles. The van der Waals surface area contributed by atoms with Crippen molar-refractivity contribution < 1.29 is 4.42 Å². The van der Waals surface area contributed by atoms with Gasteiger partial charge in [-0.1, -0.05) is 109 Å². The van der Waals surface area contributed by atoms with Crippen molar-refractivity contribution in [1.82, 2.24) is 19.5 Å². The van der Waals surface area contributed by atoms with E-state index >= 15 is 0 Å². The Morgan fingerprint density at radius 2 is 1.14 bits per heavy atom. The Bertz CT molecular complexity index is 3080. The van der Waals surface area contributed by atoms with Crippen LogP contribution in [0.1, 0.15) is 0 Å². The zero-order valence-electron chi connectivity index (χ0n) is 27.1. The van der Waals surface area contributed by atoms with Crippen LogP contribution in [0.4, 0.5) is 0 Å². The van der Waals surface area contributed by atoms with Gasteiger partial charge in [-0.15, -0.1) is 11.3 Å². The van der Waals surface area contributed by atoms with E-state index in [4.69, 9.17) is 19.4 Å². The van der Waals surface area contributed by atoms with E-state index in [0.29, 0.717) is 17.5 Å². The molecule has 4 aromatic heterocycles. The minimum Gasteiger partial charge on any atom is -0.455 e. The number of para-hydroxylation sites is 2. The highest BCUT2D eigenvalue weighted by atomic mass is 32.1. The predicted octanol–water partition coefficient (Wildman–Crippen LogP) is 12.2. The SMILES string of the molecule is c1ccc(-c2nc(-c3ccccc3)nc(-c3cccc4c3sc3ccc(-n5c6ccccc6c6c7oc8ccccc8c7ccc65)cc34)n2)cc1. The average molecular weight is 671 g/mol. The Labute approximate surface area is 295 Å². The quantitative estimate of drug-likeness (QED) is 0.187. The van der Waals surface area contributed by atoms with Gasteiger partial charge < -0.3 is 8.98 Å². The summed E-state index contributed by atoms with van der Waals surface area (Å²) in [6, 6.07) is 54.9. The molecule has 51 heavy (non-hydrogen) atoms. The Kier molecular flexibility index (Phi) is 6.05. The van der Waals surface area contributed by atoms with Gasteiger partial charge in [0.05, 0.1) is 16.4 Å². The fourth-order valence-electron chi connectivity index (χ4n) is 7.54. The van der Waals surface area contributed by atoms with Crippen LogP contribution >= 0.6 is 11.3 Å². The van der Waals surface area contributed by atoms with Crippen molar-refractivity contribution >= 4 is 75.3 Å². The monoisotopic (exact) mass is 670 g/mol. The summed E-state index contributed by atoms with van der Waals surface area (Å²) in [5.74, 6) is 1.98. The van der Waals surface area contributed by atoms with Crippen LogP contribution in [-0.2, 0) is 0 Å². The topological polar surface area (TPSA) is 56.7 Å². The van der Waals surface area contributed by atoms with Gasteiger partial charge in [0.2, 0.25) is 0 Å². The molecule has 0 saturated heterocycles. The number of hydrogen-bond donors (Lipinski definition) is 0. The van der Waals surface area contributed by atoms with E-state index in [2.05, 4.69) is 89.5 Å². The molecule has 11 aromatic rings. The van der Waals surface area contributed by atoms with E-state index in [0.717, 1.165) is 65.4 Å². The lowest BCUT2D eigenvalue weighted by molar-refractivity contribution is 0.673. The first kappa shape index (κ1) is 28.2. The standard InChI is InChI=1S/C45H26N4OS/c1-3-12-27(13-4-1)43-46-44(28-14-5-2-6-15-28)48-45(47-43)34-19-11-18-32-35-26-29(22-25-39(35)51-42(32)34)49-36-20-9-7-17-33(36)40-37(49)24-23-31-30-16-8-10-21-38(30)50-41(31)40/h1-26H. The second-order valence-corrected chi connectivity index (χ2v) is 13.8. The van der Waals surface area contributed by atoms with Gasteiger partial charge in [0.25, 0.3) is 0 Å². The smallest absolute Gasteiger partial charge is 0.165 e. The predicted molar refractivity (Wildman–Crippen MR) is 211 cm³/mol. The maximum Gasteiger partial charge on any atom is 0.165 e. The second kappa shape index (κ2) is 10.9. The van der Waals surface area contributed by atoms with Crippen molar-refractivity contribution in [2.24, 2.45) is 0 Å². The average Bonchev–Trinajstić information content (AvgIpc) is 3.87. The minimum absolute atomic E-state index is 0.657. The van der Waals surface area contributed by atoms with Crippen LogP contribution in [0.2, 0.25) is 0 Å². The molecule has 4 heterocycles. The Hall–Kier alpha value is -6.63. The van der Waals surface area contributed by atoms with E-state index in [1.165, 1.54) is 20.9 Å². The number of benzene rings is 7. The summed E-state index contributed by atoms with van der Waals surface area (Å²) in [6.45, 7) is 0. The number of rotatable bonds is 4. The van der Waals surface area contributed by atoms with E-state index in [9.17, 15) is 0 Å². The van der Waals surface area contributed by atoms with Gasteiger partial charge in [0, 0.05) is 58.7 Å². The van der Waals surface area contributed by atoms with Crippen LogP contribution in [0, 0.1) is 0 Å².